The number of cyclic esters (lactones) is 1. The largest absolute Gasteiger partial charge is 0.445 e. The molecule has 2 aromatic carbocycles. The lowest BCUT2D eigenvalue weighted by atomic mass is 9.89. The molecule has 1 aromatic heterocycles. The molecular weight excluding hydrogens is 397 g/mol. The molecule has 1 aliphatic heterocycles. The van der Waals surface area contributed by atoms with Gasteiger partial charge in [-0.1, -0.05) is 18.2 Å². The maximum atomic E-state index is 13.1. The Labute approximate surface area is 180 Å². The zero-order valence-electron chi connectivity index (χ0n) is 17.5. The van der Waals surface area contributed by atoms with Crippen LogP contribution in [0.2, 0.25) is 0 Å². The van der Waals surface area contributed by atoms with Gasteiger partial charge >= 0.3 is 5.97 Å². The number of amides is 1. The summed E-state index contributed by atoms with van der Waals surface area (Å²) >= 11 is 0. The Hall–Kier alpha value is -3.48. The van der Waals surface area contributed by atoms with Gasteiger partial charge in [0.2, 0.25) is 0 Å². The molecule has 4 rings (SSSR count). The van der Waals surface area contributed by atoms with E-state index in [1.54, 1.807) is 43.1 Å². The van der Waals surface area contributed by atoms with Gasteiger partial charge in [0.25, 0.3) is 5.91 Å². The quantitative estimate of drug-likeness (QED) is 0.615. The van der Waals surface area contributed by atoms with Crippen LogP contribution in [0.15, 0.2) is 54.6 Å². The number of aromatic amines is 1. The van der Waals surface area contributed by atoms with E-state index >= 15 is 0 Å². The highest BCUT2D eigenvalue weighted by atomic mass is 19.1. The lowest BCUT2D eigenvalue weighted by molar-refractivity contribution is -0.149. The van der Waals surface area contributed by atoms with E-state index in [0.717, 1.165) is 22.5 Å². The van der Waals surface area contributed by atoms with Gasteiger partial charge < -0.3 is 9.64 Å². The maximum absolute atomic E-state index is 13.1. The van der Waals surface area contributed by atoms with Crippen LogP contribution >= 0.6 is 0 Å². The third-order valence-corrected chi connectivity index (χ3v) is 5.59. The molecule has 0 radical (unpaired) electrons. The molecule has 1 atom stereocenters. The summed E-state index contributed by atoms with van der Waals surface area (Å²) in [5, 5.41) is 7.27. The minimum atomic E-state index is -1.20. The van der Waals surface area contributed by atoms with Crippen LogP contribution in [-0.4, -0.2) is 46.2 Å². The predicted molar refractivity (Wildman–Crippen MR) is 114 cm³/mol. The number of carbonyl (C=O) groups is 2. The molecule has 0 saturated carbocycles. The van der Waals surface area contributed by atoms with E-state index in [9.17, 15) is 14.0 Å². The molecule has 0 spiro atoms. The number of halogens is 1. The smallest absolute Gasteiger partial charge is 0.339 e. The van der Waals surface area contributed by atoms with Crippen LogP contribution in [0.4, 0.5) is 4.39 Å². The van der Waals surface area contributed by atoms with Gasteiger partial charge in [0, 0.05) is 31.3 Å². The van der Waals surface area contributed by atoms with Crippen LogP contribution < -0.4 is 0 Å². The fourth-order valence-electron chi connectivity index (χ4n) is 3.92. The number of aromatic nitrogens is 2. The Bertz CT molecular complexity index is 1110. The first-order valence-electron chi connectivity index (χ1n) is 10.2. The van der Waals surface area contributed by atoms with E-state index < -0.39 is 11.6 Å². The number of carbonyl (C=O) groups excluding carboxylic acids is 2. The van der Waals surface area contributed by atoms with Crippen molar-refractivity contribution in [2.24, 2.45) is 0 Å². The van der Waals surface area contributed by atoms with E-state index in [-0.39, 0.29) is 11.7 Å². The molecule has 0 aliphatic carbocycles. The molecular formula is C24H24FN3O3. The van der Waals surface area contributed by atoms with Gasteiger partial charge in [0.05, 0.1) is 11.3 Å². The molecule has 3 aromatic rings. The number of fused-ring (bicyclic) bond motifs is 1. The van der Waals surface area contributed by atoms with Gasteiger partial charge in [-0.05, 0) is 61.7 Å². The number of ether oxygens (including phenoxy) is 1. The summed E-state index contributed by atoms with van der Waals surface area (Å²) in [6.07, 6.45) is 1.78. The number of esters is 1. The summed E-state index contributed by atoms with van der Waals surface area (Å²) < 4.78 is 18.6. The van der Waals surface area contributed by atoms with Crippen molar-refractivity contribution >= 4 is 11.9 Å². The average Bonchev–Trinajstić information content (AvgIpc) is 3.22. The first-order valence-corrected chi connectivity index (χ1v) is 10.2. The highest BCUT2D eigenvalue weighted by Gasteiger charge is 2.43. The van der Waals surface area contributed by atoms with Gasteiger partial charge in [0.15, 0.2) is 5.60 Å². The molecule has 0 saturated heterocycles. The average molecular weight is 421 g/mol. The number of nitrogens with zero attached hydrogens (tertiary/aromatic N) is 2. The van der Waals surface area contributed by atoms with E-state index in [1.807, 2.05) is 18.2 Å². The Kier molecular flexibility index (Phi) is 5.59. The number of rotatable bonds is 6. The van der Waals surface area contributed by atoms with Crippen LogP contribution in [0.25, 0.3) is 11.3 Å². The number of likely N-dealkylation sites (N-methyl/N-ethyl adjacent to an activating group) is 1. The summed E-state index contributed by atoms with van der Waals surface area (Å²) in [5.41, 5.74) is 2.66. The minimum Gasteiger partial charge on any atom is -0.445 e. The molecule has 31 heavy (non-hydrogen) atoms. The monoisotopic (exact) mass is 421 g/mol. The van der Waals surface area contributed by atoms with E-state index in [1.165, 1.54) is 12.1 Å². The Morgan fingerprint density at radius 2 is 1.97 bits per heavy atom. The summed E-state index contributed by atoms with van der Waals surface area (Å²) in [6, 6.07) is 15.3. The molecule has 160 valence electrons. The van der Waals surface area contributed by atoms with Crippen LogP contribution in [0, 0.1) is 5.82 Å². The van der Waals surface area contributed by atoms with Gasteiger partial charge in [0.1, 0.15) is 5.82 Å². The molecule has 1 aliphatic rings. The molecule has 7 heteroatoms. The van der Waals surface area contributed by atoms with Gasteiger partial charge in [-0.15, -0.1) is 0 Å². The number of nitrogens with one attached hydrogen (secondary N) is 1. The van der Waals surface area contributed by atoms with E-state index in [0.29, 0.717) is 31.4 Å². The second kappa shape index (κ2) is 8.34. The summed E-state index contributed by atoms with van der Waals surface area (Å²) in [5.74, 6) is -0.961. The SMILES string of the molecule is CN(CCCc1cc(-c2ccc(F)cc2)n[nH]1)C(=O)C1(C)Cc2ccccc2C(=O)O1. The van der Waals surface area contributed by atoms with Crippen LogP contribution in [0.1, 0.15) is 35.0 Å². The maximum Gasteiger partial charge on any atom is 0.339 e. The van der Waals surface area contributed by atoms with Crippen molar-refractivity contribution in [1.82, 2.24) is 15.1 Å². The fourth-order valence-corrected chi connectivity index (χ4v) is 3.92. The zero-order chi connectivity index (χ0) is 22.0. The summed E-state index contributed by atoms with van der Waals surface area (Å²) in [4.78, 5) is 27.0. The Morgan fingerprint density at radius 3 is 2.74 bits per heavy atom. The summed E-state index contributed by atoms with van der Waals surface area (Å²) in [6.45, 7) is 2.18. The molecule has 1 amide bonds. The van der Waals surface area contributed by atoms with Crippen molar-refractivity contribution in [1.29, 1.82) is 0 Å². The van der Waals surface area contributed by atoms with Crippen molar-refractivity contribution in [3.63, 3.8) is 0 Å². The standard InChI is InChI=1S/C24H24FN3O3/c1-24(15-17-6-3-4-8-20(17)22(29)31-24)23(30)28(2)13-5-7-19-14-21(27-26-19)16-9-11-18(25)12-10-16/h3-4,6,8-12,14H,5,7,13,15H2,1-2H3,(H,26,27). The van der Waals surface area contributed by atoms with Crippen LogP contribution in [0.3, 0.4) is 0 Å². The van der Waals surface area contributed by atoms with E-state index in [2.05, 4.69) is 10.2 Å². The number of hydrogen-bond donors (Lipinski definition) is 1. The second-order valence-corrected chi connectivity index (χ2v) is 8.07. The highest BCUT2D eigenvalue weighted by molar-refractivity contribution is 5.97. The lowest BCUT2D eigenvalue weighted by Gasteiger charge is -2.36. The van der Waals surface area contributed by atoms with E-state index in [4.69, 9.17) is 4.74 Å². The van der Waals surface area contributed by atoms with Crippen molar-refractivity contribution in [3.8, 4) is 11.3 Å². The van der Waals surface area contributed by atoms with Crippen molar-refractivity contribution < 1.29 is 18.7 Å². The first-order chi connectivity index (χ1) is 14.9. The molecule has 0 bridgehead atoms. The number of benzene rings is 2. The Balaban J connectivity index is 1.34. The van der Waals surface area contributed by atoms with Crippen molar-refractivity contribution in [2.45, 2.75) is 31.8 Å². The number of aryl methyl sites for hydroxylation is 1. The minimum absolute atomic E-state index is 0.216. The molecule has 0 fully saturated rings. The summed E-state index contributed by atoms with van der Waals surface area (Å²) in [7, 11) is 1.72. The van der Waals surface area contributed by atoms with Gasteiger partial charge in [-0.25, -0.2) is 9.18 Å². The van der Waals surface area contributed by atoms with Crippen LogP contribution in [-0.2, 0) is 22.4 Å². The Morgan fingerprint density at radius 1 is 1.23 bits per heavy atom. The van der Waals surface area contributed by atoms with Crippen LogP contribution in [0.5, 0.6) is 0 Å². The van der Waals surface area contributed by atoms with Gasteiger partial charge in [-0.3, -0.25) is 9.89 Å². The fraction of sp³-hybridized carbons (Fsp3) is 0.292. The number of H-pyrrole nitrogens is 1. The zero-order valence-corrected chi connectivity index (χ0v) is 17.5. The molecule has 1 N–H and O–H groups in total. The normalized spacial score (nSPS) is 17.7. The lowest BCUT2D eigenvalue weighted by Crippen LogP contribution is -2.52. The molecule has 6 nitrogen and oxygen atoms in total. The van der Waals surface area contributed by atoms with Crippen molar-refractivity contribution in [3.05, 3.63) is 77.2 Å². The third-order valence-electron chi connectivity index (χ3n) is 5.59. The second-order valence-electron chi connectivity index (χ2n) is 8.07. The first kappa shape index (κ1) is 20.8. The third kappa shape index (κ3) is 4.35. The van der Waals surface area contributed by atoms with Gasteiger partial charge in [-0.2, -0.15) is 5.10 Å². The highest BCUT2D eigenvalue weighted by Crippen LogP contribution is 2.29. The molecule has 1 unspecified atom stereocenters. The number of hydrogen-bond acceptors (Lipinski definition) is 4. The molecule has 2 heterocycles. The topological polar surface area (TPSA) is 75.3 Å². The van der Waals surface area contributed by atoms with Crippen molar-refractivity contribution in [2.75, 3.05) is 13.6 Å². The predicted octanol–water partition coefficient (Wildman–Crippen LogP) is 3.78.